The average molecular weight is 193 g/mol. The van der Waals surface area contributed by atoms with Gasteiger partial charge < -0.3 is 25.6 Å². The van der Waals surface area contributed by atoms with Crippen molar-refractivity contribution in [1.82, 2.24) is 0 Å². The molecule has 8 heavy (non-hydrogen) atoms. The number of hydrogen-bond acceptors (Lipinski definition) is 1. The number of phosphoric acid groups is 1. The Morgan fingerprint density at radius 3 is 1.00 bits per heavy atom. The molecule has 8 heteroatoms. The van der Waals surface area contributed by atoms with Crippen LogP contribution in [0.3, 0.4) is 0 Å². The Morgan fingerprint density at radius 2 is 1.00 bits per heavy atom. The van der Waals surface area contributed by atoms with Gasteiger partial charge >= 0.3 is 7.82 Å². The van der Waals surface area contributed by atoms with Gasteiger partial charge in [0.15, 0.2) is 0 Å². The van der Waals surface area contributed by atoms with Crippen LogP contribution in [0.1, 0.15) is 0 Å². The van der Waals surface area contributed by atoms with Crippen LogP contribution in [0.25, 0.3) is 0 Å². The van der Waals surface area contributed by atoms with Crippen LogP contribution >= 0.6 is 7.82 Å². The van der Waals surface area contributed by atoms with Crippen molar-refractivity contribution in [2.24, 2.45) is 0 Å². The summed E-state index contributed by atoms with van der Waals surface area (Å²) in [4.78, 5) is 21.6. The molecular formula is H7CoO6P. The maximum Gasteiger partial charge on any atom is 0.466 e. The van der Waals surface area contributed by atoms with Crippen molar-refractivity contribution in [3.8, 4) is 0 Å². The maximum atomic E-state index is 8.88. The second-order valence-corrected chi connectivity index (χ2v) is 1.54. The summed E-state index contributed by atoms with van der Waals surface area (Å²) in [6.45, 7) is 0. The molecule has 0 aromatic heterocycles. The molecule has 0 spiro atoms. The topological polar surface area (TPSA) is 141 Å². The quantitative estimate of drug-likeness (QED) is 0.363. The molecule has 0 aromatic rings. The summed E-state index contributed by atoms with van der Waals surface area (Å²) in [7, 11) is -4.64. The van der Waals surface area contributed by atoms with Gasteiger partial charge in [0.2, 0.25) is 0 Å². The Labute approximate surface area is 55.6 Å². The molecule has 0 heterocycles. The van der Waals surface area contributed by atoms with E-state index in [4.69, 9.17) is 19.2 Å². The standard InChI is InChI=1S/Co.H3O4P.2H2O/c;1-5(2,3)4;;/h;(H3,1,2,3,4);2*1H2. The van der Waals surface area contributed by atoms with Gasteiger partial charge in [-0.15, -0.1) is 0 Å². The Bertz CT molecular complexity index is 54.7. The van der Waals surface area contributed by atoms with E-state index in [-0.39, 0.29) is 27.7 Å². The third-order valence-corrected chi connectivity index (χ3v) is 0. The molecule has 0 saturated heterocycles. The van der Waals surface area contributed by atoms with E-state index in [9.17, 15) is 0 Å². The van der Waals surface area contributed by atoms with Crippen LogP contribution < -0.4 is 0 Å². The minimum atomic E-state index is -4.64. The van der Waals surface area contributed by atoms with Gasteiger partial charge in [-0.05, 0) is 0 Å². The average Bonchev–Trinajstić information content (AvgIpc) is 0.722. The van der Waals surface area contributed by atoms with Gasteiger partial charge in [0.1, 0.15) is 0 Å². The van der Waals surface area contributed by atoms with Crippen LogP contribution in [0.5, 0.6) is 0 Å². The monoisotopic (exact) mass is 193 g/mol. The molecule has 0 unspecified atom stereocenters. The molecule has 7 N–H and O–H groups in total. The first kappa shape index (κ1) is 23.6. The molecule has 1 radical (unpaired) electrons. The van der Waals surface area contributed by atoms with E-state index < -0.39 is 7.82 Å². The van der Waals surface area contributed by atoms with Gasteiger partial charge in [-0.25, -0.2) is 4.57 Å². The Hall–Kier alpha value is 0.536. The van der Waals surface area contributed by atoms with Gasteiger partial charge in [0.05, 0.1) is 0 Å². The predicted molar refractivity (Wildman–Crippen MR) is 21.5 cm³/mol. The van der Waals surface area contributed by atoms with Crippen molar-refractivity contribution in [2.45, 2.75) is 0 Å². The Kier molecular flexibility index (Phi) is 22.2. The summed E-state index contributed by atoms with van der Waals surface area (Å²) < 4.78 is 8.88. The molecule has 0 saturated carbocycles. The zero-order valence-electron chi connectivity index (χ0n) is 3.53. The van der Waals surface area contributed by atoms with Crippen molar-refractivity contribution < 1.29 is 47.0 Å². The molecule has 0 aliphatic rings. The number of hydrogen-bond donors (Lipinski definition) is 3. The maximum absolute atomic E-state index is 8.88. The summed E-state index contributed by atoms with van der Waals surface area (Å²) in [5.74, 6) is 0. The first-order valence-electron chi connectivity index (χ1n) is 0.783. The first-order valence-corrected chi connectivity index (χ1v) is 2.35. The van der Waals surface area contributed by atoms with Crippen LogP contribution in [0, 0.1) is 0 Å². The zero-order chi connectivity index (χ0) is 4.50. The van der Waals surface area contributed by atoms with E-state index in [1.165, 1.54) is 0 Å². The molecule has 0 bridgehead atoms. The van der Waals surface area contributed by atoms with Crippen LogP contribution in [0.4, 0.5) is 0 Å². The van der Waals surface area contributed by atoms with E-state index in [0.717, 1.165) is 0 Å². The minimum absolute atomic E-state index is 0. The van der Waals surface area contributed by atoms with Crippen LogP contribution in [-0.2, 0) is 21.3 Å². The van der Waals surface area contributed by atoms with Gasteiger partial charge in [0, 0.05) is 16.8 Å². The summed E-state index contributed by atoms with van der Waals surface area (Å²) >= 11 is 0. The molecule has 0 fully saturated rings. The summed E-state index contributed by atoms with van der Waals surface area (Å²) in [6, 6.07) is 0. The van der Waals surface area contributed by atoms with Gasteiger partial charge in [-0.1, -0.05) is 0 Å². The SMILES string of the molecule is O.O.O=P(O)(O)O.[Co]. The van der Waals surface area contributed by atoms with Crippen molar-refractivity contribution in [3.63, 3.8) is 0 Å². The van der Waals surface area contributed by atoms with E-state index in [1.807, 2.05) is 0 Å². The molecule has 0 atom stereocenters. The van der Waals surface area contributed by atoms with E-state index in [1.54, 1.807) is 0 Å². The molecule has 0 aliphatic carbocycles. The molecule has 57 valence electrons. The molecule has 0 amide bonds. The van der Waals surface area contributed by atoms with Crippen molar-refractivity contribution >= 4 is 7.82 Å². The third-order valence-electron chi connectivity index (χ3n) is 0. The Morgan fingerprint density at radius 1 is 1.00 bits per heavy atom. The molecule has 0 rings (SSSR count). The van der Waals surface area contributed by atoms with Crippen molar-refractivity contribution in [2.75, 3.05) is 0 Å². The van der Waals surface area contributed by atoms with Crippen LogP contribution in [0.15, 0.2) is 0 Å². The molecular weight excluding hydrogens is 186 g/mol. The van der Waals surface area contributed by atoms with Gasteiger partial charge in [-0.2, -0.15) is 0 Å². The van der Waals surface area contributed by atoms with Crippen molar-refractivity contribution in [3.05, 3.63) is 0 Å². The third kappa shape index (κ3) is 696. The van der Waals surface area contributed by atoms with Crippen LogP contribution in [-0.4, -0.2) is 25.6 Å². The fraction of sp³-hybridized carbons (Fsp3) is 0. The smallest absolute Gasteiger partial charge is 0.412 e. The fourth-order valence-corrected chi connectivity index (χ4v) is 0. The van der Waals surface area contributed by atoms with Crippen LogP contribution in [0.2, 0.25) is 0 Å². The Balaban J connectivity index is -0.0000000267. The first-order chi connectivity index (χ1) is 2.00. The number of rotatable bonds is 0. The summed E-state index contributed by atoms with van der Waals surface area (Å²) in [5, 5.41) is 0. The predicted octanol–water partition coefficient (Wildman–Crippen LogP) is -2.58. The molecule has 6 nitrogen and oxygen atoms in total. The molecule has 0 aromatic carbocycles. The largest absolute Gasteiger partial charge is 0.466 e. The summed E-state index contributed by atoms with van der Waals surface area (Å²) in [5.41, 5.74) is 0. The van der Waals surface area contributed by atoms with Crippen molar-refractivity contribution in [1.29, 1.82) is 0 Å². The summed E-state index contributed by atoms with van der Waals surface area (Å²) in [6.07, 6.45) is 0. The fourth-order valence-electron chi connectivity index (χ4n) is 0. The molecule has 0 aliphatic heterocycles. The van der Waals surface area contributed by atoms with E-state index in [0.29, 0.717) is 0 Å². The van der Waals surface area contributed by atoms with E-state index >= 15 is 0 Å². The second-order valence-electron chi connectivity index (χ2n) is 0.513. The zero-order valence-corrected chi connectivity index (χ0v) is 5.47. The van der Waals surface area contributed by atoms with Gasteiger partial charge in [0.25, 0.3) is 0 Å². The van der Waals surface area contributed by atoms with E-state index in [2.05, 4.69) is 0 Å². The minimum Gasteiger partial charge on any atom is -0.412 e. The van der Waals surface area contributed by atoms with Gasteiger partial charge in [-0.3, -0.25) is 0 Å². The normalized spacial score (nSPS) is 7.38. The second kappa shape index (κ2) is 7.54.